The van der Waals surface area contributed by atoms with Gasteiger partial charge in [0.05, 0.1) is 25.1 Å². The predicted molar refractivity (Wildman–Crippen MR) is 78.8 cm³/mol. The first kappa shape index (κ1) is 14.1. The molecule has 3 heterocycles. The number of piperidine rings is 1. The van der Waals surface area contributed by atoms with Crippen molar-refractivity contribution in [3.8, 4) is 5.88 Å². The van der Waals surface area contributed by atoms with E-state index in [1.807, 2.05) is 18.2 Å². The first-order valence-corrected chi connectivity index (χ1v) is 7.40. The van der Waals surface area contributed by atoms with Crippen LogP contribution >= 0.6 is 0 Å². The van der Waals surface area contributed by atoms with Crippen LogP contribution in [0, 0.1) is 5.92 Å². The predicted octanol–water partition coefficient (Wildman–Crippen LogP) is 3.05. The third-order valence-corrected chi connectivity index (χ3v) is 4.12. The second-order valence-corrected chi connectivity index (χ2v) is 5.70. The van der Waals surface area contributed by atoms with Crippen LogP contribution in [0.4, 0.5) is 0 Å². The van der Waals surface area contributed by atoms with E-state index < -0.39 is 0 Å². The molecule has 3 rings (SSSR count). The minimum atomic E-state index is 0.327. The second kappa shape index (κ2) is 6.26. The van der Waals surface area contributed by atoms with Crippen LogP contribution in [-0.2, 0) is 6.54 Å². The molecule has 0 bridgehead atoms. The van der Waals surface area contributed by atoms with E-state index in [2.05, 4.69) is 28.1 Å². The van der Waals surface area contributed by atoms with Gasteiger partial charge in [0.1, 0.15) is 5.76 Å². The molecule has 0 aromatic carbocycles. The summed E-state index contributed by atoms with van der Waals surface area (Å²) in [6, 6.07) is 8.18. The van der Waals surface area contributed by atoms with Gasteiger partial charge in [0.25, 0.3) is 0 Å². The summed E-state index contributed by atoms with van der Waals surface area (Å²) in [4.78, 5) is 2.43. The Morgan fingerprint density at radius 3 is 2.90 bits per heavy atom. The molecule has 0 aliphatic carbocycles. The Bertz CT molecular complexity index is 553. The highest BCUT2D eigenvalue weighted by Crippen LogP contribution is 2.35. The average Bonchev–Trinajstić information content (AvgIpc) is 3.04. The quantitative estimate of drug-likeness (QED) is 0.865. The Morgan fingerprint density at radius 1 is 1.33 bits per heavy atom. The van der Waals surface area contributed by atoms with E-state index in [4.69, 9.17) is 9.15 Å². The standard InChI is InChI=1S/C16H21N3O2/c1-12-7-8-19(14(10-12)15-4-3-9-21-15)11-13-5-6-16(20-2)18-17-13/h3-6,9,12,14H,7-8,10-11H2,1-2H3/t12-,14+/m1/s1. The van der Waals surface area contributed by atoms with Gasteiger partial charge >= 0.3 is 0 Å². The SMILES string of the molecule is COc1ccc(CN2CC[C@@H](C)C[C@H]2c2ccco2)nn1. The summed E-state index contributed by atoms with van der Waals surface area (Å²) in [5.74, 6) is 2.31. The van der Waals surface area contributed by atoms with Gasteiger partial charge in [-0.15, -0.1) is 5.10 Å². The molecule has 1 saturated heterocycles. The van der Waals surface area contributed by atoms with E-state index in [1.165, 1.54) is 6.42 Å². The number of nitrogens with zero attached hydrogens (tertiary/aromatic N) is 3. The Balaban J connectivity index is 1.75. The summed E-state index contributed by atoms with van der Waals surface area (Å²) >= 11 is 0. The van der Waals surface area contributed by atoms with Crippen LogP contribution in [0.3, 0.4) is 0 Å². The first-order chi connectivity index (χ1) is 10.3. The van der Waals surface area contributed by atoms with E-state index in [0.717, 1.165) is 36.9 Å². The fraction of sp³-hybridized carbons (Fsp3) is 0.500. The fourth-order valence-electron chi connectivity index (χ4n) is 2.91. The van der Waals surface area contributed by atoms with Gasteiger partial charge in [-0.3, -0.25) is 4.90 Å². The van der Waals surface area contributed by atoms with Crippen molar-refractivity contribution in [1.82, 2.24) is 15.1 Å². The molecule has 1 fully saturated rings. The fourth-order valence-corrected chi connectivity index (χ4v) is 2.91. The molecule has 0 N–H and O–H groups in total. The van der Waals surface area contributed by atoms with Gasteiger partial charge in [0.2, 0.25) is 5.88 Å². The lowest BCUT2D eigenvalue weighted by atomic mass is 9.91. The minimum absolute atomic E-state index is 0.327. The van der Waals surface area contributed by atoms with Crippen LogP contribution in [0.25, 0.3) is 0 Å². The van der Waals surface area contributed by atoms with Crippen LogP contribution in [0.2, 0.25) is 0 Å². The maximum atomic E-state index is 5.63. The molecular weight excluding hydrogens is 266 g/mol. The minimum Gasteiger partial charge on any atom is -0.480 e. The molecule has 0 unspecified atom stereocenters. The lowest BCUT2D eigenvalue weighted by Gasteiger charge is -2.37. The van der Waals surface area contributed by atoms with Crippen LogP contribution in [0.1, 0.15) is 37.3 Å². The molecule has 21 heavy (non-hydrogen) atoms. The molecule has 0 radical (unpaired) electrons. The van der Waals surface area contributed by atoms with Crippen molar-refractivity contribution < 1.29 is 9.15 Å². The van der Waals surface area contributed by atoms with E-state index in [0.29, 0.717) is 11.9 Å². The number of rotatable bonds is 4. The highest BCUT2D eigenvalue weighted by molar-refractivity contribution is 5.12. The topological polar surface area (TPSA) is 51.4 Å². The molecule has 2 atom stereocenters. The van der Waals surface area contributed by atoms with Crippen LogP contribution in [0.15, 0.2) is 34.9 Å². The van der Waals surface area contributed by atoms with Crippen molar-refractivity contribution in [3.05, 3.63) is 42.0 Å². The van der Waals surface area contributed by atoms with Crippen molar-refractivity contribution in [2.24, 2.45) is 5.92 Å². The number of hydrogen-bond donors (Lipinski definition) is 0. The van der Waals surface area contributed by atoms with Crippen LogP contribution in [-0.4, -0.2) is 28.8 Å². The zero-order valence-corrected chi connectivity index (χ0v) is 12.5. The number of likely N-dealkylation sites (tertiary alicyclic amines) is 1. The third kappa shape index (κ3) is 3.24. The maximum absolute atomic E-state index is 5.63. The maximum Gasteiger partial charge on any atom is 0.233 e. The smallest absolute Gasteiger partial charge is 0.233 e. The van der Waals surface area contributed by atoms with Gasteiger partial charge in [-0.1, -0.05) is 6.92 Å². The van der Waals surface area contributed by atoms with Gasteiger partial charge in [0.15, 0.2) is 0 Å². The van der Waals surface area contributed by atoms with Gasteiger partial charge < -0.3 is 9.15 Å². The summed E-state index contributed by atoms with van der Waals surface area (Å²) in [6.45, 7) is 4.15. The number of ether oxygens (including phenoxy) is 1. The zero-order chi connectivity index (χ0) is 14.7. The molecule has 1 aliphatic heterocycles. The summed E-state index contributed by atoms with van der Waals surface area (Å²) in [6.07, 6.45) is 4.08. The summed E-state index contributed by atoms with van der Waals surface area (Å²) in [7, 11) is 1.60. The van der Waals surface area contributed by atoms with E-state index >= 15 is 0 Å². The van der Waals surface area contributed by atoms with E-state index in [9.17, 15) is 0 Å². The Hall–Kier alpha value is -1.88. The summed E-state index contributed by atoms with van der Waals surface area (Å²) < 4.78 is 10.7. The molecule has 2 aromatic heterocycles. The molecule has 5 nitrogen and oxygen atoms in total. The third-order valence-electron chi connectivity index (χ3n) is 4.12. The number of furan rings is 1. The highest BCUT2D eigenvalue weighted by Gasteiger charge is 2.29. The lowest BCUT2D eigenvalue weighted by Crippen LogP contribution is -2.35. The van der Waals surface area contributed by atoms with Crippen LogP contribution < -0.4 is 4.74 Å². The van der Waals surface area contributed by atoms with Gasteiger partial charge in [-0.2, -0.15) is 5.10 Å². The van der Waals surface area contributed by atoms with E-state index in [-0.39, 0.29) is 0 Å². The molecule has 2 aromatic rings. The highest BCUT2D eigenvalue weighted by atomic mass is 16.5. The number of hydrogen-bond acceptors (Lipinski definition) is 5. The molecule has 0 spiro atoms. The molecule has 0 amide bonds. The first-order valence-electron chi connectivity index (χ1n) is 7.40. The van der Waals surface area contributed by atoms with E-state index in [1.54, 1.807) is 13.4 Å². The van der Waals surface area contributed by atoms with Gasteiger partial charge in [-0.25, -0.2) is 0 Å². The molecular formula is C16H21N3O2. The Kier molecular flexibility index (Phi) is 4.20. The van der Waals surface area contributed by atoms with Crippen molar-refractivity contribution in [3.63, 3.8) is 0 Å². The van der Waals surface area contributed by atoms with Gasteiger partial charge in [0, 0.05) is 12.6 Å². The normalized spacial score (nSPS) is 23.1. The zero-order valence-electron chi connectivity index (χ0n) is 12.5. The van der Waals surface area contributed by atoms with Gasteiger partial charge in [-0.05, 0) is 43.5 Å². The Labute approximate surface area is 124 Å². The molecule has 5 heteroatoms. The summed E-state index contributed by atoms with van der Waals surface area (Å²) in [5.41, 5.74) is 0.960. The number of methoxy groups -OCH3 is 1. The Morgan fingerprint density at radius 2 is 2.24 bits per heavy atom. The largest absolute Gasteiger partial charge is 0.480 e. The molecule has 112 valence electrons. The van der Waals surface area contributed by atoms with Crippen molar-refractivity contribution in [2.75, 3.05) is 13.7 Å². The van der Waals surface area contributed by atoms with Crippen molar-refractivity contribution >= 4 is 0 Å². The number of aromatic nitrogens is 2. The summed E-state index contributed by atoms with van der Waals surface area (Å²) in [5, 5.41) is 8.27. The molecule has 0 saturated carbocycles. The molecule has 1 aliphatic rings. The van der Waals surface area contributed by atoms with Crippen molar-refractivity contribution in [1.29, 1.82) is 0 Å². The monoisotopic (exact) mass is 287 g/mol. The van der Waals surface area contributed by atoms with Crippen molar-refractivity contribution in [2.45, 2.75) is 32.4 Å². The average molecular weight is 287 g/mol. The van der Waals surface area contributed by atoms with Crippen LogP contribution in [0.5, 0.6) is 5.88 Å². The second-order valence-electron chi connectivity index (χ2n) is 5.70. The lowest BCUT2D eigenvalue weighted by molar-refractivity contribution is 0.0928.